The molecule has 8 nitrogen and oxygen atoms in total. The number of thiazole rings is 1. The van der Waals surface area contributed by atoms with Crippen molar-refractivity contribution in [2.24, 2.45) is 5.92 Å². The number of hydrogen-bond acceptors (Lipinski definition) is 8. The molecule has 2 atom stereocenters. The van der Waals surface area contributed by atoms with E-state index in [9.17, 15) is 19.2 Å². The number of carbonyl (C=O) groups is 1. The van der Waals surface area contributed by atoms with Gasteiger partial charge < -0.3 is 15.5 Å². The monoisotopic (exact) mass is 557 g/mol. The Bertz CT molecular complexity index is 1200. The van der Waals surface area contributed by atoms with Crippen LogP contribution in [0.15, 0.2) is 24.3 Å². The Morgan fingerprint density at radius 3 is 2.42 bits per heavy atom. The van der Waals surface area contributed by atoms with Crippen molar-refractivity contribution >= 4 is 38.7 Å². The SMILES string of the molecule is CC(C)(C)Nc1nc([C@@H]2CCCC[C@H]2C(=O)NC2(C#N)CC2)c(-c2ccc(N3CCS(O)(O)CC3)cc2)s1. The van der Waals surface area contributed by atoms with E-state index in [0.29, 0.717) is 24.6 Å². The maximum Gasteiger partial charge on any atom is 0.225 e. The summed E-state index contributed by atoms with van der Waals surface area (Å²) in [6.07, 6.45) is 5.25. The molecule has 0 spiro atoms. The van der Waals surface area contributed by atoms with Crippen molar-refractivity contribution in [3.05, 3.63) is 30.0 Å². The minimum atomic E-state index is -2.43. The highest BCUT2D eigenvalue weighted by Gasteiger charge is 2.47. The van der Waals surface area contributed by atoms with E-state index in [2.05, 4.69) is 66.6 Å². The lowest BCUT2D eigenvalue weighted by Gasteiger charge is -2.41. The lowest BCUT2D eigenvalue weighted by atomic mass is 9.76. The van der Waals surface area contributed by atoms with Gasteiger partial charge in [0.1, 0.15) is 5.54 Å². The van der Waals surface area contributed by atoms with Gasteiger partial charge in [0.2, 0.25) is 5.91 Å². The van der Waals surface area contributed by atoms with Crippen molar-refractivity contribution in [1.29, 1.82) is 5.26 Å². The van der Waals surface area contributed by atoms with E-state index in [0.717, 1.165) is 65.5 Å². The van der Waals surface area contributed by atoms with E-state index in [4.69, 9.17) is 4.98 Å². The molecule has 2 aliphatic carbocycles. The van der Waals surface area contributed by atoms with Crippen LogP contribution in [0, 0.1) is 17.2 Å². The number of carbonyl (C=O) groups excluding carboxylic acids is 1. The number of hydrogen-bond donors (Lipinski definition) is 4. The number of nitrogens with zero attached hydrogens (tertiary/aromatic N) is 3. The number of amides is 1. The molecule has 1 aromatic heterocycles. The second kappa shape index (κ2) is 10.3. The van der Waals surface area contributed by atoms with Crippen molar-refractivity contribution in [1.82, 2.24) is 10.3 Å². The minimum Gasteiger partial charge on any atom is -0.368 e. The van der Waals surface area contributed by atoms with Crippen LogP contribution in [0.1, 0.15) is 70.9 Å². The van der Waals surface area contributed by atoms with Crippen molar-refractivity contribution in [3.63, 3.8) is 0 Å². The first-order valence-electron chi connectivity index (χ1n) is 13.6. The van der Waals surface area contributed by atoms with E-state index in [1.54, 1.807) is 11.3 Å². The second-order valence-corrected chi connectivity index (χ2v) is 15.5. The molecule has 0 bridgehead atoms. The summed E-state index contributed by atoms with van der Waals surface area (Å²) in [7, 11) is -2.43. The Hall–Kier alpha value is -2.32. The Morgan fingerprint density at radius 2 is 1.82 bits per heavy atom. The zero-order chi connectivity index (χ0) is 27.1. The van der Waals surface area contributed by atoms with E-state index in [1.807, 2.05) is 0 Å². The van der Waals surface area contributed by atoms with E-state index < -0.39 is 16.1 Å². The smallest absolute Gasteiger partial charge is 0.225 e. The van der Waals surface area contributed by atoms with Gasteiger partial charge in [0.05, 0.1) is 28.1 Å². The number of anilines is 2. The zero-order valence-electron chi connectivity index (χ0n) is 22.5. The molecule has 0 radical (unpaired) electrons. The molecule has 0 unspecified atom stereocenters. The summed E-state index contributed by atoms with van der Waals surface area (Å²) < 4.78 is 19.9. The van der Waals surface area contributed by atoms with Crippen molar-refractivity contribution in [2.45, 2.75) is 76.3 Å². The number of nitriles is 1. The summed E-state index contributed by atoms with van der Waals surface area (Å²) in [4.78, 5) is 21.8. The molecule has 1 saturated heterocycles. The summed E-state index contributed by atoms with van der Waals surface area (Å²) in [5.41, 5.74) is 2.31. The highest BCUT2D eigenvalue weighted by atomic mass is 32.3. The van der Waals surface area contributed by atoms with E-state index in [-0.39, 0.29) is 23.3 Å². The van der Waals surface area contributed by atoms with Crippen molar-refractivity contribution in [2.75, 3.05) is 34.8 Å². The van der Waals surface area contributed by atoms with Crippen LogP contribution in [0.5, 0.6) is 0 Å². The number of rotatable bonds is 6. The molecule has 1 amide bonds. The second-order valence-electron chi connectivity index (χ2n) is 12.0. The zero-order valence-corrected chi connectivity index (χ0v) is 24.1. The highest BCUT2D eigenvalue weighted by Crippen LogP contribution is 2.47. The third-order valence-corrected chi connectivity index (χ3v) is 10.5. The average Bonchev–Trinajstić information content (AvgIpc) is 3.53. The van der Waals surface area contributed by atoms with Crippen LogP contribution in [0.25, 0.3) is 10.4 Å². The molecule has 3 fully saturated rings. The lowest BCUT2D eigenvalue weighted by molar-refractivity contribution is -0.127. The summed E-state index contributed by atoms with van der Waals surface area (Å²) in [6, 6.07) is 10.7. The third kappa shape index (κ3) is 6.12. The first-order valence-corrected chi connectivity index (χ1v) is 16.3. The van der Waals surface area contributed by atoms with Gasteiger partial charge >= 0.3 is 0 Å². The van der Waals surface area contributed by atoms with Gasteiger partial charge in [0.15, 0.2) is 5.13 Å². The molecule has 2 saturated carbocycles. The molecule has 4 N–H and O–H groups in total. The topological polar surface area (TPSA) is 122 Å². The minimum absolute atomic E-state index is 0.00647. The lowest BCUT2D eigenvalue weighted by Crippen LogP contribution is -2.42. The highest BCUT2D eigenvalue weighted by molar-refractivity contribution is 8.24. The van der Waals surface area contributed by atoms with Gasteiger partial charge in [-0.3, -0.25) is 13.9 Å². The molecular formula is C28H39N5O3S2. The van der Waals surface area contributed by atoms with Gasteiger partial charge in [0, 0.05) is 36.2 Å². The maximum absolute atomic E-state index is 13.4. The fourth-order valence-electron chi connectivity index (χ4n) is 5.46. The van der Waals surface area contributed by atoms with Crippen LogP contribution in [0.4, 0.5) is 10.8 Å². The molecule has 10 heteroatoms. The molecule has 1 aliphatic heterocycles. The van der Waals surface area contributed by atoms with Crippen LogP contribution < -0.4 is 15.5 Å². The summed E-state index contributed by atoms with van der Waals surface area (Å²) in [5.74, 6) is 0.628. The van der Waals surface area contributed by atoms with E-state index in [1.165, 1.54) is 0 Å². The molecule has 5 rings (SSSR count). The largest absolute Gasteiger partial charge is 0.368 e. The number of benzene rings is 1. The van der Waals surface area contributed by atoms with Crippen LogP contribution in [0.2, 0.25) is 0 Å². The number of nitrogens with one attached hydrogen (secondary N) is 2. The molecule has 2 aromatic rings. The van der Waals surface area contributed by atoms with Gasteiger partial charge in [0.25, 0.3) is 0 Å². The van der Waals surface area contributed by atoms with Crippen LogP contribution in [0.3, 0.4) is 0 Å². The average molecular weight is 558 g/mol. The Morgan fingerprint density at radius 1 is 1.16 bits per heavy atom. The fraction of sp³-hybridized carbons (Fsp3) is 0.607. The van der Waals surface area contributed by atoms with Gasteiger partial charge in [-0.25, -0.2) is 4.98 Å². The van der Waals surface area contributed by atoms with Crippen LogP contribution in [-0.2, 0) is 4.79 Å². The standard InChI is InChI=1S/C28H39N5O3S2/c1-27(2,3)32-26-30-23(21-6-4-5-7-22(21)25(34)31-28(18-29)12-13-28)24(37-26)19-8-10-20(11-9-19)33-14-16-38(35,36)17-15-33/h8-11,21-22,35-36H,4-7,12-17H2,1-3H3,(H,30,32)(H,31,34)/t21-,22-/m1/s1. The van der Waals surface area contributed by atoms with Crippen molar-refractivity contribution < 1.29 is 13.9 Å². The first kappa shape index (κ1) is 27.3. The van der Waals surface area contributed by atoms with Crippen molar-refractivity contribution in [3.8, 4) is 16.5 Å². The Balaban J connectivity index is 1.44. The van der Waals surface area contributed by atoms with Crippen LogP contribution >= 0.6 is 21.9 Å². The van der Waals surface area contributed by atoms with Gasteiger partial charge in [-0.1, -0.05) is 36.3 Å². The maximum atomic E-state index is 13.4. The normalized spacial score (nSPS) is 25.2. The molecule has 3 aliphatic rings. The van der Waals surface area contributed by atoms with Gasteiger partial charge in [-0.05, 0) is 64.2 Å². The number of aromatic nitrogens is 1. The Labute approximate surface area is 231 Å². The predicted octanol–water partition coefficient (Wildman–Crippen LogP) is 6.04. The summed E-state index contributed by atoms with van der Waals surface area (Å²) in [5, 5.41) is 17.0. The quantitative estimate of drug-likeness (QED) is 0.342. The van der Waals surface area contributed by atoms with Gasteiger partial charge in [-0.2, -0.15) is 15.9 Å². The summed E-state index contributed by atoms with van der Waals surface area (Å²) >= 11 is 1.64. The van der Waals surface area contributed by atoms with Gasteiger partial charge in [-0.15, -0.1) is 0 Å². The molecule has 1 aromatic carbocycles. The molecular weight excluding hydrogens is 518 g/mol. The van der Waals surface area contributed by atoms with E-state index >= 15 is 0 Å². The fourth-order valence-corrected chi connectivity index (χ4v) is 7.94. The Kier molecular flexibility index (Phi) is 7.42. The third-order valence-electron chi connectivity index (χ3n) is 7.79. The summed E-state index contributed by atoms with van der Waals surface area (Å²) in [6.45, 7) is 7.62. The first-order chi connectivity index (χ1) is 18.0. The molecule has 2 heterocycles. The molecule has 206 valence electrons. The molecule has 38 heavy (non-hydrogen) atoms. The van der Waals surface area contributed by atoms with Crippen LogP contribution in [-0.4, -0.2) is 55.7 Å². The predicted molar refractivity (Wildman–Crippen MR) is 156 cm³/mol.